The summed E-state index contributed by atoms with van der Waals surface area (Å²) in [6.45, 7) is 15.5. The minimum Gasteiger partial charge on any atom is -0.466 e. The van der Waals surface area contributed by atoms with Crippen LogP contribution in [0.15, 0.2) is 13.2 Å². The second kappa shape index (κ2) is 17.2. The lowest BCUT2D eigenvalue weighted by Crippen LogP contribution is -2.18. The first kappa shape index (κ1) is 24.1. The summed E-state index contributed by atoms with van der Waals surface area (Å²) in [4.78, 5) is 22.0. The lowest BCUT2D eigenvalue weighted by molar-refractivity contribution is -0.145. The Morgan fingerprint density at radius 1 is 1.09 bits per heavy atom. The van der Waals surface area contributed by atoms with Crippen LogP contribution in [0.4, 0.5) is 0 Å². The van der Waals surface area contributed by atoms with E-state index in [2.05, 4.69) is 13.2 Å². The number of ketones is 1. The van der Waals surface area contributed by atoms with E-state index in [0.717, 1.165) is 26.1 Å². The second-order valence-electron chi connectivity index (χ2n) is 4.97. The Bertz CT molecular complexity index is 288. The molecule has 0 aliphatic heterocycles. The zero-order valence-electron chi connectivity index (χ0n) is 15.3. The van der Waals surface area contributed by atoms with E-state index >= 15 is 0 Å². The van der Waals surface area contributed by atoms with Gasteiger partial charge in [0.25, 0.3) is 0 Å². The summed E-state index contributed by atoms with van der Waals surface area (Å²) in [5.41, 5.74) is 0. The highest BCUT2D eigenvalue weighted by Crippen LogP contribution is 2.24. The zero-order valence-corrected chi connectivity index (χ0v) is 15.3. The molecule has 0 radical (unpaired) electrons. The molecule has 0 heterocycles. The summed E-state index contributed by atoms with van der Waals surface area (Å²) in [5, 5.41) is 0. The fourth-order valence-electron chi connectivity index (χ4n) is 2.18. The standard InChI is InChI=1S/C10H16O3.C6H14O2.C2H4/c1-2-13-10(12)7-8-3-5-9(11)6-4-8;1-4-7-6(3)8-5-2;1-2/h8H,2-7H2,1H3;6H,4-5H2,1-3H3;1-2H2. The third kappa shape index (κ3) is 15.5. The smallest absolute Gasteiger partial charge is 0.306 e. The van der Waals surface area contributed by atoms with Crippen molar-refractivity contribution in [3.63, 3.8) is 0 Å². The second-order valence-corrected chi connectivity index (χ2v) is 4.97. The van der Waals surface area contributed by atoms with E-state index in [-0.39, 0.29) is 12.3 Å². The summed E-state index contributed by atoms with van der Waals surface area (Å²) >= 11 is 0. The quantitative estimate of drug-likeness (QED) is 0.402. The summed E-state index contributed by atoms with van der Waals surface area (Å²) in [6, 6.07) is 0. The maximum Gasteiger partial charge on any atom is 0.306 e. The normalized spacial score (nSPS) is 14.4. The number of carbonyl (C=O) groups is 2. The van der Waals surface area contributed by atoms with E-state index in [1.165, 1.54) is 0 Å². The molecule has 1 fully saturated rings. The molecule has 23 heavy (non-hydrogen) atoms. The first-order chi connectivity index (χ1) is 11.0. The molecule has 5 heteroatoms. The number of ether oxygens (including phenoxy) is 3. The van der Waals surface area contributed by atoms with Gasteiger partial charge in [-0.3, -0.25) is 9.59 Å². The molecule has 1 aliphatic rings. The van der Waals surface area contributed by atoms with Gasteiger partial charge in [0.1, 0.15) is 5.78 Å². The van der Waals surface area contributed by atoms with Crippen LogP contribution in [-0.4, -0.2) is 37.9 Å². The van der Waals surface area contributed by atoms with Crippen LogP contribution in [0.2, 0.25) is 0 Å². The van der Waals surface area contributed by atoms with Crippen molar-refractivity contribution in [1.29, 1.82) is 0 Å². The van der Waals surface area contributed by atoms with Gasteiger partial charge in [-0.15, -0.1) is 13.2 Å². The van der Waals surface area contributed by atoms with Gasteiger partial charge in [0.2, 0.25) is 0 Å². The topological polar surface area (TPSA) is 61.8 Å². The molecule has 136 valence electrons. The van der Waals surface area contributed by atoms with Crippen LogP contribution in [0.25, 0.3) is 0 Å². The van der Waals surface area contributed by atoms with Gasteiger partial charge < -0.3 is 14.2 Å². The molecule has 0 unspecified atom stereocenters. The number of carbonyl (C=O) groups excluding carboxylic acids is 2. The zero-order chi connectivity index (χ0) is 18.1. The van der Waals surface area contributed by atoms with E-state index in [1.807, 2.05) is 27.7 Å². The molecule has 0 amide bonds. The average Bonchev–Trinajstić information content (AvgIpc) is 2.53. The Kier molecular flexibility index (Phi) is 17.9. The minimum atomic E-state index is -0.123. The number of rotatable bonds is 7. The van der Waals surface area contributed by atoms with Crippen molar-refractivity contribution in [3.8, 4) is 0 Å². The molecular weight excluding hydrogens is 296 g/mol. The van der Waals surface area contributed by atoms with Gasteiger partial charge in [-0.1, -0.05) is 0 Å². The molecule has 0 saturated heterocycles. The molecule has 0 aromatic rings. The summed E-state index contributed by atoms with van der Waals surface area (Å²) < 4.78 is 15.0. The SMILES string of the molecule is C=C.CCOC(=O)CC1CCC(=O)CC1.CCOC(C)OCC. The van der Waals surface area contributed by atoms with Crippen molar-refractivity contribution in [3.05, 3.63) is 13.2 Å². The maximum atomic E-state index is 11.1. The van der Waals surface area contributed by atoms with Crippen molar-refractivity contribution in [1.82, 2.24) is 0 Å². The molecule has 5 nitrogen and oxygen atoms in total. The van der Waals surface area contributed by atoms with Crippen LogP contribution >= 0.6 is 0 Å². The average molecular weight is 330 g/mol. The van der Waals surface area contributed by atoms with E-state index in [0.29, 0.717) is 37.6 Å². The highest BCUT2D eigenvalue weighted by Gasteiger charge is 2.21. The van der Waals surface area contributed by atoms with Gasteiger partial charge in [-0.25, -0.2) is 0 Å². The first-order valence-electron chi connectivity index (χ1n) is 8.43. The summed E-state index contributed by atoms with van der Waals surface area (Å²) in [6.07, 6.45) is 3.45. The molecule has 0 aromatic carbocycles. The van der Waals surface area contributed by atoms with Crippen LogP contribution in [0.1, 0.15) is 59.8 Å². The van der Waals surface area contributed by atoms with Crippen molar-refractivity contribution < 1.29 is 23.8 Å². The summed E-state index contributed by atoms with van der Waals surface area (Å²) in [5.74, 6) is 0.582. The predicted octanol–water partition coefficient (Wildman–Crippen LogP) is 3.91. The maximum absolute atomic E-state index is 11.1. The number of hydrogen-bond acceptors (Lipinski definition) is 5. The van der Waals surface area contributed by atoms with Crippen LogP contribution in [0.3, 0.4) is 0 Å². The lowest BCUT2D eigenvalue weighted by atomic mass is 9.86. The lowest BCUT2D eigenvalue weighted by Gasteiger charge is -2.19. The number of hydrogen-bond donors (Lipinski definition) is 0. The number of esters is 1. The van der Waals surface area contributed by atoms with Gasteiger partial charge in [-0.05, 0) is 46.5 Å². The Morgan fingerprint density at radius 3 is 1.96 bits per heavy atom. The van der Waals surface area contributed by atoms with Gasteiger partial charge in [0.15, 0.2) is 6.29 Å². The molecule has 0 spiro atoms. The van der Waals surface area contributed by atoms with E-state index < -0.39 is 0 Å². The van der Waals surface area contributed by atoms with Gasteiger partial charge >= 0.3 is 5.97 Å². The van der Waals surface area contributed by atoms with E-state index in [4.69, 9.17) is 14.2 Å². The Hall–Kier alpha value is -1.20. The molecule has 1 saturated carbocycles. The molecule has 1 aliphatic carbocycles. The predicted molar refractivity (Wildman–Crippen MR) is 92.2 cm³/mol. The van der Waals surface area contributed by atoms with E-state index in [9.17, 15) is 9.59 Å². The number of Topliss-reactive ketones (excluding diaryl/α,β-unsaturated/α-hetero) is 1. The van der Waals surface area contributed by atoms with Gasteiger partial charge in [-0.2, -0.15) is 0 Å². The van der Waals surface area contributed by atoms with Gasteiger partial charge in [0, 0.05) is 32.5 Å². The van der Waals surface area contributed by atoms with Crippen LogP contribution < -0.4 is 0 Å². The third-order valence-corrected chi connectivity index (χ3v) is 3.23. The Labute approximate surface area is 141 Å². The Balaban J connectivity index is 0. The van der Waals surface area contributed by atoms with Crippen molar-refractivity contribution >= 4 is 11.8 Å². The fraction of sp³-hybridized carbons (Fsp3) is 0.778. The third-order valence-electron chi connectivity index (χ3n) is 3.23. The molecule has 1 rings (SSSR count). The van der Waals surface area contributed by atoms with Crippen molar-refractivity contribution in [2.24, 2.45) is 5.92 Å². The van der Waals surface area contributed by atoms with Crippen molar-refractivity contribution in [2.75, 3.05) is 19.8 Å². The van der Waals surface area contributed by atoms with E-state index in [1.54, 1.807) is 0 Å². The molecule has 0 atom stereocenters. The first-order valence-corrected chi connectivity index (χ1v) is 8.43. The van der Waals surface area contributed by atoms with Crippen LogP contribution in [0.5, 0.6) is 0 Å². The molecule has 0 bridgehead atoms. The molecule has 0 N–H and O–H groups in total. The highest BCUT2D eigenvalue weighted by molar-refractivity contribution is 5.79. The largest absolute Gasteiger partial charge is 0.466 e. The minimum absolute atomic E-state index is 0.0370. The van der Waals surface area contributed by atoms with Crippen LogP contribution in [-0.2, 0) is 23.8 Å². The molecular formula is C18H34O5. The fourth-order valence-corrected chi connectivity index (χ4v) is 2.18. The van der Waals surface area contributed by atoms with Crippen LogP contribution in [0, 0.1) is 5.92 Å². The monoisotopic (exact) mass is 330 g/mol. The summed E-state index contributed by atoms with van der Waals surface area (Å²) in [7, 11) is 0. The van der Waals surface area contributed by atoms with Crippen molar-refractivity contribution in [2.45, 2.75) is 66.1 Å². The molecule has 0 aromatic heterocycles. The Morgan fingerprint density at radius 2 is 1.57 bits per heavy atom. The highest BCUT2D eigenvalue weighted by atomic mass is 16.7. The van der Waals surface area contributed by atoms with Gasteiger partial charge in [0.05, 0.1) is 6.61 Å².